The molecule has 1 rings (SSSR count). The Hall–Kier alpha value is -2.24. The Morgan fingerprint density at radius 3 is 2.59 bits per heavy atom. The zero-order chi connectivity index (χ0) is 13.0. The van der Waals surface area contributed by atoms with Gasteiger partial charge >= 0.3 is 0 Å². The molecule has 0 aliphatic rings. The number of nitrogens with two attached hydrogens (primary N) is 1. The summed E-state index contributed by atoms with van der Waals surface area (Å²) in [4.78, 5) is 1.23. The van der Waals surface area contributed by atoms with Crippen LogP contribution in [-0.4, -0.2) is 31.0 Å². The summed E-state index contributed by atoms with van der Waals surface area (Å²) >= 11 is 0. The minimum Gasteiger partial charge on any atom is -0.495 e. The van der Waals surface area contributed by atoms with Gasteiger partial charge in [-0.3, -0.25) is 15.7 Å². The van der Waals surface area contributed by atoms with Crippen molar-refractivity contribution in [2.24, 2.45) is 5.73 Å². The number of ether oxygens (including phenoxy) is 1. The molecular weight excluding hydrogens is 218 g/mol. The van der Waals surface area contributed by atoms with Gasteiger partial charge in [-0.2, -0.15) is 0 Å². The Kier molecular flexibility index (Phi) is 3.92. The van der Waals surface area contributed by atoms with E-state index in [0.29, 0.717) is 11.4 Å². The summed E-state index contributed by atoms with van der Waals surface area (Å²) in [5.74, 6) is 0.465. The first kappa shape index (κ1) is 12.8. The molecule has 0 fully saturated rings. The van der Waals surface area contributed by atoms with Crippen molar-refractivity contribution < 1.29 is 4.74 Å². The molecule has 17 heavy (non-hydrogen) atoms. The molecule has 92 valence electrons. The second-order valence-corrected chi connectivity index (χ2v) is 3.57. The highest BCUT2D eigenvalue weighted by molar-refractivity contribution is 6.02. The summed E-state index contributed by atoms with van der Waals surface area (Å²) in [6.45, 7) is 1.91. The predicted molar refractivity (Wildman–Crippen MR) is 68.8 cm³/mol. The number of nitrogens with one attached hydrogen (secondary N) is 3. The van der Waals surface area contributed by atoms with Crippen LogP contribution in [0.4, 0.5) is 5.69 Å². The second kappa shape index (κ2) is 5.20. The molecule has 0 saturated carbocycles. The molecule has 0 spiro atoms. The second-order valence-electron chi connectivity index (χ2n) is 3.57. The van der Waals surface area contributed by atoms with E-state index in [0.717, 1.165) is 5.56 Å². The lowest BCUT2D eigenvalue weighted by Crippen LogP contribution is -2.41. The number of nitrogens with zero attached hydrogens (tertiary/aromatic N) is 1. The highest BCUT2D eigenvalue weighted by Gasteiger charge is 2.11. The van der Waals surface area contributed by atoms with Crippen LogP contribution in [0.2, 0.25) is 0 Å². The third-order valence-corrected chi connectivity index (χ3v) is 2.39. The molecule has 6 nitrogen and oxygen atoms in total. The van der Waals surface area contributed by atoms with Crippen molar-refractivity contribution in [2.45, 2.75) is 6.92 Å². The highest BCUT2D eigenvalue weighted by Crippen LogP contribution is 2.27. The fraction of sp³-hybridized carbons (Fsp3) is 0.273. The van der Waals surface area contributed by atoms with Crippen LogP contribution < -0.4 is 15.8 Å². The zero-order valence-corrected chi connectivity index (χ0v) is 10.2. The van der Waals surface area contributed by atoms with E-state index in [1.54, 1.807) is 20.2 Å². The van der Waals surface area contributed by atoms with Gasteiger partial charge in [0.05, 0.1) is 12.8 Å². The minimum absolute atomic E-state index is 0.0186. The monoisotopic (exact) mass is 235 g/mol. The van der Waals surface area contributed by atoms with Gasteiger partial charge in [0.15, 0.2) is 5.96 Å². The van der Waals surface area contributed by atoms with Crippen LogP contribution in [0, 0.1) is 17.7 Å². The van der Waals surface area contributed by atoms with Crippen LogP contribution in [0.25, 0.3) is 0 Å². The van der Waals surface area contributed by atoms with E-state index in [-0.39, 0.29) is 11.9 Å². The number of hydrogen-bond donors (Lipinski definition) is 4. The molecule has 0 amide bonds. The lowest BCUT2D eigenvalue weighted by Gasteiger charge is -2.20. The molecular formula is C11H17N5O. The van der Waals surface area contributed by atoms with Gasteiger partial charge in [-0.15, -0.1) is 0 Å². The van der Waals surface area contributed by atoms with Crippen molar-refractivity contribution in [2.75, 3.05) is 19.5 Å². The van der Waals surface area contributed by atoms with Gasteiger partial charge in [-0.1, -0.05) is 12.1 Å². The normalized spacial score (nSPS) is 9.59. The number of benzene rings is 1. The van der Waals surface area contributed by atoms with E-state index in [2.05, 4.69) is 5.32 Å². The van der Waals surface area contributed by atoms with Gasteiger partial charge in [-0.25, -0.2) is 0 Å². The van der Waals surface area contributed by atoms with E-state index in [1.807, 2.05) is 19.1 Å². The van der Waals surface area contributed by atoms with Crippen LogP contribution in [-0.2, 0) is 0 Å². The molecule has 0 bridgehead atoms. The van der Waals surface area contributed by atoms with Gasteiger partial charge in [0.25, 0.3) is 0 Å². The van der Waals surface area contributed by atoms with Crippen molar-refractivity contribution in [1.29, 1.82) is 10.8 Å². The van der Waals surface area contributed by atoms with Crippen LogP contribution in [0.1, 0.15) is 5.56 Å². The van der Waals surface area contributed by atoms with Crippen molar-refractivity contribution in [3.8, 4) is 5.75 Å². The van der Waals surface area contributed by atoms with E-state index < -0.39 is 0 Å². The number of rotatable bonds is 2. The number of hydrogen-bond acceptors (Lipinski definition) is 3. The summed E-state index contributed by atoms with van der Waals surface area (Å²) in [7, 11) is 3.11. The first-order valence-corrected chi connectivity index (χ1v) is 5.04. The zero-order valence-electron chi connectivity index (χ0n) is 10.2. The van der Waals surface area contributed by atoms with Gasteiger partial charge in [0.2, 0.25) is 5.96 Å². The Balaban J connectivity index is 2.95. The molecule has 1 aromatic carbocycles. The lowest BCUT2D eigenvalue weighted by atomic mass is 10.2. The number of anilines is 1. The molecule has 0 aliphatic carbocycles. The van der Waals surface area contributed by atoms with Gasteiger partial charge in [-0.05, 0) is 18.6 Å². The third kappa shape index (κ3) is 2.87. The van der Waals surface area contributed by atoms with Crippen molar-refractivity contribution >= 4 is 17.6 Å². The molecule has 0 saturated heterocycles. The number of aryl methyl sites for hydroxylation is 1. The van der Waals surface area contributed by atoms with Crippen LogP contribution in [0.5, 0.6) is 5.75 Å². The molecule has 0 unspecified atom stereocenters. The predicted octanol–water partition coefficient (Wildman–Crippen LogP) is 1.18. The van der Waals surface area contributed by atoms with Crippen molar-refractivity contribution in [3.05, 3.63) is 23.8 Å². The van der Waals surface area contributed by atoms with Crippen LogP contribution >= 0.6 is 0 Å². The average Bonchev–Trinajstić information content (AvgIpc) is 2.30. The molecule has 0 aliphatic heterocycles. The Labute approximate surface area is 100 Å². The van der Waals surface area contributed by atoms with Crippen molar-refractivity contribution in [3.63, 3.8) is 0 Å². The molecule has 0 radical (unpaired) electrons. The fourth-order valence-electron chi connectivity index (χ4n) is 1.29. The smallest absolute Gasteiger partial charge is 0.202 e. The fourth-order valence-corrected chi connectivity index (χ4v) is 1.29. The van der Waals surface area contributed by atoms with E-state index in [9.17, 15) is 0 Å². The Morgan fingerprint density at radius 2 is 2.06 bits per heavy atom. The van der Waals surface area contributed by atoms with Crippen LogP contribution in [0.3, 0.4) is 0 Å². The summed E-state index contributed by atoms with van der Waals surface area (Å²) in [5, 5.41) is 17.9. The topological polar surface area (TPSA) is 98.2 Å². The van der Waals surface area contributed by atoms with Crippen molar-refractivity contribution in [1.82, 2.24) is 4.90 Å². The maximum absolute atomic E-state index is 7.77. The number of guanidine groups is 2. The molecule has 6 heteroatoms. The quantitative estimate of drug-likeness (QED) is 0.457. The standard InChI is InChI=1S/C11H17N5O/c1-7-5-4-6-8(17-3)9(7)15-11(14)16(2)10(12)13/h4-6H,1-3H3,(H3,12,13)(H2,14,15). The minimum atomic E-state index is -0.199. The van der Waals surface area contributed by atoms with Crippen LogP contribution in [0.15, 0.2) is 18.2 Å². The molecule has 0 heterocycles. The lowest BCUT2D eigenvalue weighted by molar-refractivity contribution is 0.416. The first-order chi connectivity index (χ1) is 7.97. The van der Waals surface area contributed by atoms with E-state index in [1.165, 1.54) is 4.90 Å². The summed E-state index contributed by atoms with van der Waals surface area (Å²) in [5.41, 5.74) is 6.95. The molecule has 5 N–H and O–H groups in total. The van der Waals surface area contributed by atoms with E-state index in [4.69, 9.17) is 21.3 Å². The number of methoxy groups -OCH3 is 1. The summed E-state index contributed by atoms with van der Waals surface area (Å²) in [6, 6.07) is 5.58. The van der Waals surface area contributed by atoms with Gasteiger partial charge < -0.3 is 15.8 Å². The SMILES string of the molecule is COc1cccc(C)c1NC(=N)N(C)C(=N)N. The number of para-hydroxylation sites is 1. The molecule has 0 atom stereocenters. The Morgan fingerprint density at radius 1 is 1.41 bits per heavy atom. The Bertz CT molecular complexity index is 443. The third-order valence-electron chi connectivity index (χ3n) is 2.39. The maximum Gasteiger partial charge on any atom is 0.202 e. The first-order valence-electron chi connectivity index (χ1n) is 5.04. The highest BCUT2D eigenvalue weighted by atomic mass is 16.5. The van der Waals surface area contributed by atoms with E-state index >= 15 is 0 Å². The summed E-state index contributed by atoms with van der Waals surface area (Å²) in [6.07, 6.45) is 0. The maximum atomic E-state index is 7.77. The summed E-state index contributed by atoms with van der Waals surface area (Å²) < 4.78 is 5.20. The van der Waals surface area contributed by atoms with Gasteiger partial charge in [0.1, 0.15) is 5.75 Å². The molecule has 1 aromatic rings. The van der Waals surface area contributed by atoms with Gasteiger partial charge in [0, 0.05) is 7.05 Å². The molecule has 0 aromatic heterocycles. The largest absolute Gasteiger partial charge is 0.495 e. The average molecular weight is 235 g/mol.